The largest absolute Gasteiger partial charge is 0.298 e. The second-order valence-corrected chi connectivity index (χ2v) is 5.92. The van der Waals surface area contributed by atoms with Crippen molar-refractivity contribution in [2.24, 2.45) is 0 Å². The van der Waals surface area contributed by atoms with Crippen molar-refractivity contribution >= 4 is 33.3 Å². The lowest BCUT2D eigenvalue weighted by Crippen LogP contribution is -2.29. The van der Waals surface area contributed by atoms with Crippen LogP contribution in [0.5, 0.6) is 0 Å². The van der Waals surface area contributed by atoms with Gasteiger partial charge in [0.1, 0.15) is 11.2 Å². The maximum Gasteiger partial charge on any atom is 0.149 e. The Morgan fingerprint density at radius 3 is 2.19 bits per heavy atom. The Morgan fingerprint density at radius 2 is 1.67 bits per heavy atom. The first kappa shape index (κ1) is 15.8. The lowest BCUT2D eigenvalue weighted by atomic mass is 9.72. The standard InChI is InChI=1S/C17H13BrClNO/c18-15-8-6-14(7-9-15)17(12-20,10-16(21)11-19)13-4-2-1-3-5-13/h1-9H,10-11H2. The van der Waals surface area contributed by atoms with Crippen LogP contribution in [-0.4, -0.2) is 11.7 Å². The van der Waals surface area contributed by atoms with E-state index >= 15 is 0 Å². The van der Waals surface area contributed by atoms with Crippen molar-refractivity contribution in [3.05, 3.63) is 70.2 Å². The third-order valence-electron chi connectivity index (χ3n) is 3.41. The van der Waals surface area contributed by atoms with E-state index in [4.69, 9.17) is 11.6 Å². The van der Waals surface area contributed by atoms with Gasteiger partial charge in [-0.05, 0) is 23.3 Å². The fourth-order valence-electron chi connectivity index (χ4n) is 2.34. The van der Waals surface area contributed by atoms with Crippen LogP contribution in [0.3, 0.4) is 0 Å². The minimum absolute atomic E-state index is 0.0681. The van der Waals surface area contributed by atoms with Crippen LogP contribution >= 0.6 is 27.5 Å². The summed E-state index contributed by atoms with van der Waals surface area (Å²) in [6.07, 6.45) is 0.0681. The molecule has 2 aromatic carbocycles. The topological polar surface area (TPSA) is 40.9 Å². The first-order chi connectivity index (χ1) is 10.1. The van der Waals surface area contributed by atoms with Crippen LogP contribution in [0.1, 0.15) is 17.5 Å². The minimum Gasteiger partial charge on any atom is -0.298 e. The summed E-state index contributed by atoms with van der Waals surface area (Å²) in [5.74, 6) is -0.239. The monoisotopic (exact) mass is 361 g/mol. The highest BCUT2D eigenvalue weighted by Gasteiger charge is 2.36. The van der Waals surface area contributed by atoms with Crippen LogP contribution in [0.25, 0.3) is 0 Å². The van der Waals surface area contributed by atoms with Gasteiger partial charge in [-0.2, -0.15) is 5.26 Å². The molecule has 0 aliphatic rings. The number of Topliss-reactive ketones (excluding diaryl/α,β-unsaturated/α-hetero) is 1. The lowest BCUT2D eigenvalue weighted by Gasteiger charge is -2.27. The maximum absolute atomic E-state index is 11.9. The number of alkyl halides is 1. The van der Waals surface area contributed by atoms with Crippen LogP contribution in [0.4, 0.5) is 0 Å². The summed E-state index contributed by atoms with van der Waals surface area (Å²) in [6, 6.07) is 19.2. The summed E-state index contributed by atoms with van der Waals surface area (Å²) in [5.41, 5.74) is 0.583. The normalized spacial score (nSPS) is 13.2. The summed E-state index contributed by atoms with van der Waals surface area (Å²) in [6.45, 7) is 0. The Balaban J connectivity index is 2.60. The molecule has 2 nitrogen and oxygen atoms in total. The molecule has 0 N–H and O–H groups in total. The van der Waals surface area contributed by atoms with Crippen molar-refractivity contribution in [1.82, 2.24) is 0 Å². The molecular weight excluding hydrogens is 350 g/mol. The average molecular weight is 363 g/mol. The molecule has 0 aliphatic heterocycles. The minimum atomic E-state index is -1.01. The average Bonchev–Trinajstić information content (AvgIpc) is 2.54. The molecule has 0 aliphatic carbocycles. The third kappa shape index (κ3) is 3.34. The van der Waals surface area contributed by atoms with Crippen molar-refractivity contribution < 1.29 is 4.79 Å². The van der Waals surface area contributed by atoms with E-state index in [1.807, 2.05) is 54.6 Å². The number of nitrogens with zero attached hydrogens (tertiary/aromatic N) is 1. The number of carbonyl (C=O) groups is 1. The number of nitriles is 1. The Kier molecular flexibility index (Phi) is 5.17. The van der Waals surface area contributed by atoms with Crippen molar-refractivity contribution in [3.63, 3.8) is 0 Å². The number of halogens is 2. The molecule has 0 bridgehead atoms. The summed E-state index contributed by atoms with van der Waals surface area (Å²) < 4.78 is 0.926. The summed E-state index contributed by atoms with van der Waals surface area (Å²) >= 11 is 9.03. The van der Waals surface area contributed by atoms with Gasteiger partial charge in [-0.25, -0.2) is 0 Å². The third-order valence-corrected chi connectivity index (χ3v) is 4.23. The number of rotatable bonds is 5. The highest BCUT2D eigenvalue weighted by Crippen LogP contribution is 2.36. The van der Waals surface area contributed by atoms with Gasteiger partial charge in [-0.1, -0.05) is 58.4 Å². The quantitative estimate of drug-likeness (QED) is 0.737. The van der Waals surface area contributed by atoms with Gasteiger partial charge in [-0.3, -0.25) is 4.79 Å². The fourth-order valence-corrected chi connectivity index (χ4v) is 2.70. The van der Waals surface area contributed by atoms with Crippen molar-refractivity contribution in [3.8, 4) is 6.07 Å². The SMILES string of the molecule is N#CC(CC(=O)CCl)(c1ccccc1)c1ccc(Br)cc1. The highest BCUT2D eigenvalue weighted by atomic mass is 79.9. The van der Waals surface area contributed by atoms with Gasteiger partial charge in [0.25, 0.3) is 0 Å². The molecule has 4 heteroatoms. The Hall–Kier alpha value is -1.63. The summed E-state index contributed by atoms with van der Waals surface area (Å²) in [7, 11) is 0. The van der Waals surface area contributed by atoms with Crippen molar-refractivity contribution in [1.29, 1.82) is 5.26 Å². The zero-order valence-electron chi connectivity index (χ0n) is 11.2. The zero-order chi connectivity index (χ0) is 15.3. The maximum atomic E-state index is 11.9. The molecule has 2 rings (SSSR count). The van der Waals surface area contributed by atoms with Crippen LogP contribution in [0, 0.1) is 11.3 Å². The van der Waals surface area contributed by atoms with Crippen LogP contribution in [0.2, 0.25) is 0 Å². The molecule has 1 atom stereocenters. The first-order valence-electron chi connectivity index (χ1n) is 6.43. The first-order valence-corrected chi connectivity index (χ1v) is 7.75. The Morgan fingerprint density at radius 1 is 1.10 bits per heavy atom. The summed E-state index contributed by atoms with van der Waals surface area (Å²) in [5, 5.41) is 9.84. The van der Waals surface area contributed by atoms with Crippen LogP contribution in [-0.2, 0) is 10.2 Å². The number of carbonyl (C=O) groups excluding carboxylic acids is 1. The second-order valence-electron chi connectivity index (χ2n) is 4.74. The molecule has 2 aromatic rings. The fraction of sp³-hybridized carbons (Fsp3) is 0.176. The molecule has 0 saturated heterocycles. The van der Waals surface area contributed by atoms with E-state index < -0.39 is 5.41 Å². The molecule has 0 radical (unpaired) electrons. The molecule has 21 heavy (non-hydrogen) atoms. The van der Waals surface area contributed by atoms with E-state index in [1.54, 1.807) is 0 Å². The molecular formula is C17H13BrClNO. The van der Waals surface area contributed by atoms with Gasteiger partial charge in [0, 0.05) is 10.9 Å². The highest BCUT2D eigenvalue weighted by molar-refractivity contribution is 9.10. The molecule has 0 saturated carbocycles. The molecule has 0 amide bonds. The molecule has 106 valence electrons. The number of hydrogen-bond acceptors (Lipinski definition) is 2. The van der Waals surface area contributed by atoms with Crippen molar-refractivity contribution in [2.75, 3.05) is 5.88 Å². The van der Waals surface area contributed by atoms with Gasteiger partial charge in [0.05, 0.1) is 11.9 Å². The van der Waals surface area contributed by atoms with Crippen LogP contribution in [0.15, 0.2) is 59.1 Å². The second kappa shape index (κ2) is 6.89. The Bertz CT molecular complexity index is 663. The van der Waals surface area contributed by atoms with E-state index in [2.05, 4.69) is 22.0 Å². The van der Waals surface area contributed by atoms with E-state index in [9.17, 15) is 10.1 Å². The lowest BCUT2D eigenvalue weighted by molar-refractivity contribution is -0.117. The number of hydrogen-bond donors (Lipinski definition) is 0. The van der Waals surface area contributed by atoms with Crippen LogP contribution < -0.4 is 0 Å². The van der Waals surface area contributed by atoms with Gasteiger partial charge in [0.2, 0.25) is 0 Å². The molecule has 0 fully saturated rings. The Labute approximate surface area is 137 Å². The van der Waals surface area contributed by atoms with E-state index in [1.165, 1.54) is 0 Å². The smallest absolute Gasteiger partial charge is 0.149 e. The predicted octanol–water partition coefficient (Wildman–Crippen LogP) is 4.46. The zero-order valence-corrected chi connectivity index (χ0v) is 13.6. The van der Waals surface area contributed by atoms with E-state index in [-0.39, 0.29) is 18.1 Å². The molecule has 0 aromatic heterocycles. The van der Waals surface area contributed by atoms with Gasteiger partial charge >= 0.3 is 0 Å². The van der Waals surface area contributed by atoms with E-state index in [0.717, 1.165) is 15.6 Å². The number of benzene rings is 2. The summed E-state index contributed by atoms with van der Waals surface area (Å²) in [4.78, 5) is 11.9. The number of ketones is 1. The van der Waals surface area contributed by atoms with Gasteiger partial charge in [0.15, 0.2) is 0 Å². The predicted molar refractivity (Wildman–Crippen MR) is 87.3 cm³/mol. The van der Waals surface area contributed by atoms with Gasteiger partial charge in [-0.15, -0.1) is 11.6 Å². The van der Waals surface area contributed by atoms with Gasteiger partial charge < -0.3 is 0 Å². The molecule has 1 unspecified atom stereocenters. The van der Waals surface area contributed by atoms with Crippen molar-refractivity contribution in [2.45, 2.75) is 11.8 Å². The van der Waals surface area contributed by atoms with E-state index in [0.29, 0.717) is 0 Å². The molecule has 0 spiro atoms. The molecule has 0 heterocycles.